The smallest absolute Gasteiger partial charge is 0.255 e. The SMILES string of the molecule is CN1CCN(c2ccc(-c3ccc4c(c3)C(=O)N(C(c3nc5ccccc5[nH]3)c3cc(F)ccc3O)C4)cc2)CC1. The van der Waals surface area contributed by atoms with Gasteiger partial charge in [-0.05, 0) is 72.3 Å². The van der Waals surface area contributed by atoms with Crippen molar-refractivity contribution < 1.29 is 14.3 Å². The number of hydrogen-bond donors (Lipinski definition) is 2. The lowest BCUT2D eigenvalue weighted by Crippen LogP contribution is -2.44. The summed E-state index contributed by atoms with van der Waals surface area (Å²) in [5.41, 5.74) is 6.49. The maximum atomic E-state index is 14.4. The van der Waals surface area contributed by atoms with E-state index in [0.29, 0.717) is 17.9 Å². The van der Waals surface area contributed by atoms with E-state index in [4.69, 9.17) is 4.98 Å². The van der Waals surface area contributed by atoms with Crippen molar-refractivity contribution in [3.63, 3.8) is 0 Å². The molecule has 0 aliphatic carbocycles. The van der Waals surface area contributed by atoms with Gasteiger partial charge in [0.1, 0.15) is 23.4 Å². The number of phenolic OH excluding ortho intramolecular Hbond substituents is 1. The molecule has 1 amide bonds. The number of benzene rings is 4. The Hall–Kier alpha value is -4.69. The molecule has 4 aromatic carbocycles. The molecule has 1 unspecified atom stereocenters. The number of aromatic hydroxyl groups is 1. The fourth-order valence-corrected chi connectivity index (χ4v) is 5.95. The van der Waals surface area contributed by atoms with Crippen LogP contribution in [0, 0.1) is 5.82 Å². The lowest BCUT2D eigenvalue weighted by Gasteiger charge is -2.34. The van der Waals surface area contributed by atoms with E-state index in [2.05, 4.69) is 46.1 Å². The zero-order valence-corrected chi connectivity index (χ0v) is 22.7. The molecule has 8 heteroatoms. The lowest BCUT2D eigenvalue weighted by molar-refractivity contribution is 0.0723. The van der Waals surface area contributed by atoms with Crippen LogP contribution in [0.1, 0.15) is 33.4 Å². The number of hydrogen-bond acceptors (Lipinski definition) is 5. The summed E-state index contributed by atoms with van der Waals surface area (Å²) in [6.45, 7) is 4.42. The molecule has 7 rings (SSSR count). The first-order valence-corrected chi connectivity index (χ1v) is 13.9. The van der Waals surface area contributed by atoms with E-state index in [9.17, 15) is 14.3 Å². The van der Waals surface area contributed by atoms with Gasteiger partial charge >= 0.3 is 0 Å². The highest BCUT2D eigenvalue weighted by molar-refractivity contribution is 6.00. The Bertz CT molecular complexity index is 1720. The molecule has 2 aliphatic rings. The molecule has 0 saturated carbocycles. The van der Waals surface area contributed by atoms with Crippen LogP contribution in [-0.4, -0.2) is 64.0 Å². The number of nitrogens with zero attached hydrogens (tertiary/aromatic N) is 4. The Morgan fingerprint density at radius 2 is 1.66 bits per heavy atom. The van der Waals surface area contributed by atoms with E-state index in [1.165, 1.54) is 23.9 Å². The van der Waals surface area contributed by atoms with Gasteiger partial charge in [-0.1, -0.05) is 36.4 Å². The summed E-state index contributed by atoms with van der Waals surface area (Å²) in [6.07, 6.45) is 0. The number of anilines is 1. The summed E-state index contributed by atoms with van der Waals surface area (Å²) in [4.78, 5) is 28.4. The van der Waals surface area contributed by atoms with Crippen LogP contribution in [0.25, 0.3) is 22.2 Å². The van der Waals surface area contributed by atoms with Gasteiger partial charge in [0.05, 0.1) is 11.0 Å². The van der Waals surface area contributed by atoms with E-state index in [1.54, 1.807) is 4.90 Å². The van der Waals surface area contributed by atoms with Gasteiger partial charge in [-0.15, -0.1) is 0 Å². The number of carbonyl (C=O) groups excluding carboxylic acids is 1. The summed E-state index contributed by atoms with van der Waals surface area (Å²) < 4.78 is 14.4. The highest BCUT2D eigenvalue weighted by atomic mass is 19.1. The van der Waals surface area contributed by atoms with Gasteiger partial charge < -0.3 is 24.8 Å². The summed E-state index contributed by atoms with van der Waals surface area (Å²) >= 11 is 0. The molecular weight excluding hydrogens is 517 g/mol. The third-order valence-corrected chi connectivity index (χ3v) is 8.27. The molecule has 1 saturated heterocycles. The zero-order chi connectivity index (χ0) is 28.1. The summed E-state index contributed by atoms with van der Waals surface area (Å²) in [6, 6.07) is 25.0. The van der Waals surface area contributed by atoms with Crippen molar-refractivity contribution in [2.24, 2.45) is 0 Å². The number of carbonyl (C=O) groups is 1. The fourth-order valence-electron chi connectivity index (χ4n) is 5.95. The minimum atomic E-state index is -0.802. The van der Waals surface area contributed by atoms with Crippen LogP contribution in [-0.2, 0) is 6.54 Å². The van der Waals surface area contributed by atoms with Crippen molar-refractivity contribution in [3.05, 3.63) is 113 Å². The second-order valence-corrected chi connectivity index (χ2v) is 10.9. The normalized spacial score (nSPS) is 16.4. The zero-order valence-electron chi connectivity index (χ0n) is 22.7. The Balaban J connectivity index is 1.22. The number of aromatic nitrogens is 2. The monoisotopic (exact) mass is 547 g/mol. The second-order valence-electron chi connectivity index (χ2n) is 10.9. The van der Waals surface area contributed by atoms with Gasteiger partial charge in [0, 0.05) is 49.5 Å². The summed E-state index contributed by atoms with van der Waals surface area (Å²) in [5.74, 6) is -0.315. The Labute approximate surface area is 237 Å². The van der Waals surface area contributed by atoms with E-state index in [-0.39, 0.29) is 17.2 Å². The Morgan fingerprint density at radius 1 is 0.902 bits per heavy atom. The number of phenols is 1. The summed E-state index contributed by atoms with van der Waals surface area (Å²) in [5, 5.41) is 10.8. The van der Waals surface area contributed by atoms with Gasteiger partial charge in [-0.25, -0.2) is 9.37 Å². The average molecular weight is 548 g/mol. The number of rotatable bonds is 5. The molecule has 2 aliphatic heterocycles. The van der Waals surface area contributed by atoms with Crippen LogP contribution >= 0.6 is 0 Å². The van der Waals surface area contributed by atoms with E-state index in [0.717, 1.165) is 53.9 Å². The van der Waals surface area contributed by atoms with Gasteiger partial charge in [0.25, 0.3) is 5.91 Å². The quantitative estimate of drug-likeness (QED) is 0.301. The minimum absolute atomic E-state index is 0.0956. The van der Waals surface area contributed by atoms with Crippen LogP contribution in [0.5, 0.6) is 5.75 Å². The van der Waals surface area contributed by atoms with Crippen LogP contribution in [0.2, 0.25) is 0 Å². The predicted molar refractivity (Wildman–Crippen MR) is 157 cm³/mol. The molecule has 5 aromatic rings. The standard InChI is InChI=1S/C33H30FN5O2/c1-37-14-16-38(17-15-37)25-11-8-21(9-12-25)22-6-7-23-20-39(33(41)26(23)18-22)31(27-19-24(34)10-13-30(27)40)32-35-28-4-2-3-5-29(28)36-32/h2-13,18-19,31,40H,14-17,20H2,1H3,(H,35,36). The predicted octanol–water partition coefficient (Wildman–Crippen LogP) is 5.57. The molecule has 1 atom stereocenters. The van der Waals surface area contributed by atoms with E-state index < -0.39 is 11.9 Å². The van der Waals surface area contributed by atoms with E-state index in [1.807, 2.05) is 42.5 Å². The minimum Gasteiger partial charge on any atom is -0.508 e. The highest BCUT2D eigenvalue weighted by Crippen LogP contribution is 2.40. The number of amides is 1. The van der Waals surface area contributed by atoms with Crippen molar-refractivity contribution >= 4 is 22.6 Å². The molecule has 7 nitrogen and oxygen atoms in total. The molecule has 1 aromatic heterocycles. The number of piperazine rings is 1. The topological polar surface area (TPSA) is 75.7 Å². The number of aromatic amines is 1. The lowest BCUT2D eigenvalue weighted by atomic mass is 10.00. The number of halogens is 1. The Morgan fingerprint density at radius 3 is 2.44 bits per heavy atom. The molecule has 0 radical (unpaired) electrons. The van der Waals surface area contributed by atoms with E-state index >= 15 is 0 Å². The molecule has 0 bridgehead atoms. The first-order chi connectivity index (χ1) is 19.9. The first-order valence-electron chi connectivity index (χ1n) is 13.9. The van der Waals surface area contributed by atoms with Crippen molar-refractivity contribution in [1.82, 2.24) is 19.8 Å². The van der Waals surface area contributed by atoms with Crippen LogP contribution in [0.3, 0.4) is 0 Å². The van der Waals surface area contributed by atoms with Gasteiger partial charge in [0.2, 0.25) is 0 Å². The number of likely N-dealkylation sites (N-methyl/N-ethyl adjacent to an activating group) is 1. The average Bonchev–Trinajstić information content (AvgIpc) is 3.56. The largest absolute Gasteiger partial charge is 0.508 e. The fraction of sp³-hybridized carbons (Fsp3) is 0.212. The van der Waals surface area contributed by atoms with Crippen molar-refractivity contribution in [1.29, 1.82) is 0 Å². The molecule has 3 heterocycles. The molecule has 1 fully saturated rings. The Kier molecular flexibility index (Phi) is 6.20. The highest BCUT2D eigenvalue weighted by Gasteiger charge is 2.37. The van der Waals surface area contributed by atoms with Crippen LogP contribution in [0.15, 0.2) is 84.9 Å². The molecule has 2 N–H and O–H groups in total. The number of para-hydroxylation sites is 2. The third-order valence-electron chi connectivity index (χ3n) is 8.27. The van der Waals surface area contributed by atoms with Crippen molar-refractivity contribution in [2.75, 3.05) is 38.1 Å². The number of nitrogens with one attached hydrogen (secondary N) is 1. The number of imidazole rings is 1. The van der Waals surface area contributed by atoms with Crippen molar-refractivity contribution in [2.45, 2.75) is 12.6 Å². The maximum absolute atomic E-state index is 14.4. The number of H-pyrrole nitrogens is 1. The molecule has 0 spiro atoms. The molecular formula is C33H30FN5O2. The van der Waals surface area contributed by atoms with Crippen molar-refractivity contribution in [3.8, 4) is 16.9 Å². The molecule has 41 heavy (non-hydrogen) atoms. The van der Waals surface area contributed by atoms with Crippen LogP contribution in [0.4, 0.5) is 10.1 Å². The first kappa shape index (κ1) is 25.3. The summed E-state index contributed by atoms with van der Waals surface area (Å²) in [7, 11) is 2.15. The maximum Gasteiger partial charge on any atom is 0.255 e. The van der Waals surface area contributed by atoms with Gasteiger partial charge in [0.15, 0.2) is 0 Å². The van der Waals surface area contributed by atoms with Gasteiger partial charge in [-0.2, -0.15) is 0 Å². The molecule has 206 valence electrons. The number of fused-ring (bicyclic) bond motifs is 2. The van der Waals surface area contributed by atoms with Gasteiger partial charge in [-0.3, -0.25) is 4.79 Å². The van der Waals surface area contributed by atoms with Crippen LogP contribution < -0.4 is 4.90 Å². The third kappa shape index (κ3) is 4.60. The second kappa shape index (κ2) is 10.1.